The molecule has 1 amide bonds. The minimum atomic E-state index is -0.508. The highest BCUT2D eigenvalue weighted by atomic mass is 79.9. The highest BCUT2D eigenvalue weighted by Gasteiger charge is 2.25. The third-order valence-electron chi connectivity index (χ3n) is 5.44. The first-order valence-electron chi connectivity index (χ1n) is 11.2. The molecule has 1 aromatic heterocycles. The van der Waals surface area contributed by atoms with E-state index in [1.165, 1.54) is 24.0 Å². The third-order valence-corrected chi connectivity index (χ3v) is 7.32. The summed E-state index contributed by atoms with van der Waals surface area (Å²) in [7, 11) is 1.33. The molecule has 0 aliphatic carbocycles. The summed E-state index contributed by atoms with van der Waals surface area (Å²) in [6.45, 7) is 8.77. The number of nitrogens with one attached hydrogen (secondary N) is 1. The summed E-state index contributed by atoms with van der Waals surface area (Å²) in [5, 5.41) is 3.92. The van der Waals surface area contributed by atoms with E-state index < -0.39 is 5.97 Å². The Hall–Kier alpha value is -2.35. The molecule has 0 bridgehead atoms. The van der Waals surface area contributed by atoms with Gasteiger partial charge in [-0.05, 0) is 70.1 Å². The standard InChI is InChI=1S/C27H29BrClNO4S/c1-16-23(17-8-6-9-19(29)14-17)24(26(32)33-5)25(35-16)30-22(31)10-7-13-34-21-12-11-18(15-20(21)28)27(2,3)4/h6,8-9,11-12,14-15H,7,10,13H2,1-5H3,(H,30,31). The van der Waals surface area contributed by atoms with Crippen LogP contribution in [0.1, 0.15) is 54.4 Å². The average Bonchev–Trinajstić information content (AvgIpc) is 3.11. The molecule has 0 radical (unpaired) electrons. The second-order valence-corrected chi connectivity index (χ2v) is 11.7. The van der Waals surface area contributed by atoms with Gasteiger partial charge in [0.15, 0.2) is 0 Å². The van der Waals surface area contributed by atoms with E-state index in [4.69, 9.17) is 21.1 Å². The maximum Gasteiger partial charge on any atom is 0.341 e. The molecule has 0 atom stereocenters. The largest absolute Gasteiger partial charge is 0.492 e. The fourth-order valence-electron chi connectivity index (χ4n) is 3.61. The Kier molecular flexibility index (Phi) is 9.02. The monoisotopic (exact) mass is 577 g/mol. The number of aryl methyl sites for hydroxylation is 1. The predicted molar refractivity (Wildman–Crippen MR) is 147 cm³/mol. The molecule has 5 nitrogen and oxygen atoms in total. The van der Waals surface area contributed by atoms with Gasteiger partial charge in [0.2, 0.25) is 5.91 Å². The van der Waals surface area contributed by atoms with Crippen molar-refractivity contribution >= 4 is 55.7 Å². The number of halogens is 2. The van der Waals surface area contributed by atoms with Crippen molar-refractivity contribution in [3.63, 3.8) is 0 Å². The summed E-state index contributed by atoms with van der Waals surface area (Å²) >= 11 is 11.1. The van der Waals surface area contributed by atoms with Gasteiger partial charge in [0.05, 0.1) is 18.2 Å². The lowest BCUT2D eigenvalue weighted by molar-refractivity contribution is -0.116. The number of carbonyl (C=O) groups excluding carboxylic acids is 2. The zero-order valence-electron chi connectivity index (χ0n) is 20.5. The number of rotatable bonds is 8. The highest BCUT2D eigenvalue weighted by molar-refractivity contribution is 9.10. The number of carbonyl (C=O) groups is 2. The number of thiophene rings is 1. The van der Waals surface area contributed by atoms with Crippen LogP contribution in [0.3, 0.4) is 0 Å². The van der Waals surface area contributed by atoms with E-state index in [9.17, 15) is 9.59 Å². The fourth-order valence-corrected chi connectivity index (χ4v) is 5.37. The fraction of sp³-hybridized carbons (Fsp3) is 0.333. The lowest BCUT2D eigenvalue weighted by Crippen LogP contribution is -2.15. The van der Waals surface area contributed by atoms with Gasteiger partial charge in [0.1, 0.15) is 16.3 Å². The van der Waals surface area contributed by atoms with Crippen LogP contribution in [0, 0.1) is 6.92 Å². The third kappa shape index (κ3) is 6.87. The van der Waals surface area contributed by atoms with Crippen LogP contribution in [0.5, 0.6) is 5.75 Å². The Morgan fingerprint density at radius 3 is 2.51 bits per heavy atom. The Balaban J connectivity index is 1.65. The van der Waals surface area contributed by atoms with Crippen LogP contribution in [-0.4, -0.2) is 25.6 Å². The summed E-state index contributed by atoms with van der Waals surface area (Å²) < 4.78 is 11.8. The molecule has 0 saturated carbocycles. The maximum atomic E-state index is 12.7. The second-order valence-electron chi connectivity index (χ2n) is 9.13. The molecule has 0 aliphatic heterocycles. The van der Waals surface area contributed by atoms with Crippen molar-refractivity contribution in [2.75, 3.05) is 19.0 Å². The molecule has 0 saturated heterocycles. The van der Waals surface area contributed by atoms with Gasteiger partial charge in [0.25, 0.3) is 0 Å². The molecular weight excluding hydrogens is 550 g/mol. The summed E-state index contributed by atoms with van der Waals surface area (Å²) in [5.41, 5.74) is 3.11. The minimum absolute atomic E-state index is 0.0506. The van der Waals surface area contributed by atoms with Gasteiger partial charge >= 0.3 is 5.97 Å². The first-order valence-corrected chi connectivity index (χ1v) is 13.2. The van der Waals surface area contributed by atoms with E-state index in [0.717, 1.165) is 20.7 Å². The summed E-state index contributed by atoms with van der Waals surface area (Å²) in [6, 6.07) is 13.3. The molecule has 186 valence electrons. The van der Waals surface area contributed by atoms with Crippen LogP contribution in [0.2, 0.25) is 5.02 Å². The molecule has 35 heavy (non-hydrogen) atoms. The smallest absolute Gasteiger partial charge is 0.341 e. The van der Waals surface area contributed by atoms with Crippen molar-refractivity contribution in [1.29, 1.82) is 0 Å². The highest BCUT2D eigenvalue weighted by Crippen LogP contribution is 2.41. The Bertz CT molecular complexity index is 1230. The van der Waals surface area contributed by atoms with Crippen LogP contribution in [-0.2, 0) is 14.9 Å². The summed E-state index contributed by atoms with van der Waals surface area (Å²) in [4.78, 5) is 26.2. The van der Waals surface area contributed by atoms with Gasteiger partial charge < -0.3 is 14.8 Å². The van der Waals surface area contributed by atoms with Gasteiger partial charge in [-0.3, -0.25) is 4.79 Å². The zero-order valence-corrected chi connectivity index (χ0v) is 23.6. The molecule has 0 fully saturated rings. The Morgan fingerprint density at radius 2 is 1.89 bits per heavy atom. The molecule has 1 N–H and O–H groups in total. The van der Waals surface area contributed by atoms with Crippen LogP contribution >= 0.6 is 38.9 Å². The van der Waals surface area contributed by atoms with Gasteiger partial charge in [-0.15, -0.1) is 11.3 Å². The molecule has 0 unspecified atom stereocenters. The normalized spacial score (nSPS) is 11.3. The van der Waals surface area contributed by atoms with Gasteiger partial charge in [-0.25, -0.2) is 4.79 Å². The van der Waals surface area contributed by atoms with Crippen molar-refractivity contribution in [2.24, 2.45) is 0 Å². The number of ether oxygens (including phenoxy) is 2. The number of esters is 1. The number of benzene rings is 2. The number of anilines is 1. The van der Waals surface area contributed by atoms with Crippen LogP contribution < -0.4 is 10.1 Å². The van der Waals surface area contributed by atoms with E-state index in [0.29, 0.717) is 34.2 Å². The number of amides is 1. The van der Waals surface area contributed by atoms with Crippen LogP contribution in [0.15, 0.2) is 46.9 Å². The van der Waals surface area contributed by atoms with E-state index in [2.05, 4.69) is 54.2 Å². The van der Waals surface area contributed by atoms with Crippen molar-refractivity contribution in [2.45, 2.75) is 46.0 Å². The van der Waals surface area contributed by atoms with Crippen LogP contribution in [0.4, 0.5) is 5.00 Å². The Labute approximate surface area is 223 Å². The minimum Gasteiger partial charge on any atom is -0.492 e. The maximum absolute atomic E-state index is 12.7. The van der Waals surface area contributed by atoms with Crippen molar-refractivity contribution in [3.05, 3.63) is 68.0 Å². The number of methoxy groups -OCH3 is 1. The first-order chi connectivity index (χ1) is 16.5. The second kappa shape index (κ2) is 11.6. The van der Waals surface area contributed by atoms with E-state index in [-0.39, 0.29) is 17.7 Å². The number of hydrogen-bond donors (Lipinski definition) is 1. The molecule has 3 rings (SSSR count). The zero-order chi connectivity index (χ0) is 25.8. The lowest BCUT2D eigenvalue weighted by Gasteiger charge is -2.20. The Morgan fingerprint density at radius 1 is 1.14 bits per heavy atom. The van der Waals surface area contributed by atoms with Crippen molar-refractivity contribution < 1.29 is 19.1 Å². The van der Waals surface area contributed by atoms with Crippen molar-refractivity contribution in [1.82, 2.24) is 0 Å². The first kappa shape index (κ1) is 27.2. The van der Waals surface area contributed by atoms with Gasteiger partial charge in [-0.2, -0.15) is 0 Å². The van der Waals surface area contributed by atoms with Gasteiger partial charge in [-0.1, -0.05) is 50.6 Å². The topological polar surface area (TPSA) is 64.6 Å². The molecule has 8 heteroatoms. The summed E-state index contributed by atoms with van der Waals surface area (Å²) in [6.07, 6.45) is 0.778. The average molecular weight is 579 g/mol. The van der Waals surface area contributed by atoms with E-state index in [1.54, 1.807) is 12.1 Å². The van der Waals surface area contributed by atoms with E-state index in [1.807, 2.05) is 25.1 Å². The molecule has 0 spiro atoms. The SMILES string of the molecule is COC(=O)c1c(NC(=O)CCCOc2ccc(C(C)(C)C)cc2Br)sc(C)c1-c1cccc(Cl)c1. The number of hydrogen-bond acceptors (Lipinski definition) is 5. The van der Waals surface area contributed by atoms with Gasteiger partial charge in [0, 0.05) is 21.9 Å². The molecular formula is C27H29BrClNO4S. The van der Waals surface area contributed by atoms with Crippen molar-refractivity contribution in [3.8, 4) is 16.9 Å². The molecule has 2 aromatic carbocycles. The molecule has 0 aliphatic rings. The van der Waals surface area contributed by atoms with E-state index >= 15 is 0 Å². The quantitative estimate of drug-likeness (QED) is 0.217. The molecule has 3 aromatic rings. The van der Waals surface area contributed by atoms with Crippen LogP contribution in [0.25, 0.3) is 11.1 Å². The summed E-state index contributed by atoms with van der Waals surface area (Å²) in [5.74, 6) is 0.0396. The predicted octanol–water partition coefficient (Wildman–Crippen LogP) is 8.02. The lowest BCUT2D eigenvalue weighted by atomic mass is 9.87. The molecule has 1 heterocycles.